The second-order valence-electron chi connectivity index (χ2n) is 8.62. The number of hydrogen-bond donors (Lipinski definition) is 1. The monoisotopic (exact) mass is 733 g/mol. The molecule has 1 amide bonds. The predicted molar refractivity (Wildman–Crippen MR) is 185 cm³/mol. The summed E-state index contributed by atoms with van der Waals surface area (Å²) in [6.07, 6.45) is -0.129. The molecule has 2 heterocycles. The first-order valence-electron chi connectivity index (χ1n) is 13.7. The molecule has 252 valence electrons. The van der Waals surface area contributed by atoms with Crippen LogP contribution in [0.5, 0.6) is 0 Å². The molecule has 4 rings (SSSR count). The van der Waals surface area contributed by atoms with Gasteiger partial charge in [-0.25, -0.2) is 9.86 Å². The van der Waals surface area contributed by atoms with Crippen LogP contribution >= 0.6 is 57.5 Å². The highest BCUT2D eigenvalue weighted by Crippen LogP contribution is 2.27. The third kappa shape index (κ3) is 13.2. The molecule has 0 radical (unpaired) electrons. The van der Waals surface area contributed by atoms with Crippen molar-refractivity contribution in [3.8, 4) is 21.1 Å². The largest absolute Gasteiger partial charge is 0.479 e. The first-order valence-corrected chi connectivity index (χ1v) is 17.1. The number of carboxylic acid groups (broad SMARTS) is 1. The molecule has 0 aliphatic heterocycles. The fourth-order valence-corrected chi connectivity index (χ4v) is 5.03. The lowest BCUT2D eigenvalue weighted by molar-refractivity contribution is -0.181. The second-order valence-corrected chi connectivity index (χ2v) is 11.8. The molecule has 2 aromatic heterocycles. The Morgan fingerprint density at radius 1 is 0.783 bits per heavy atom. The number of rotatable bonds is 11. The summed E-state index contributed by atoms with van der Waals surface area (Å²) in [6, 6.07) is 14.7. The molecule has 11 nitrogen and oxygen atoms in total. The number of alkyl halides is 3. The Hall–Kier alpha value is -2.75. The van der Waals surface area contributed by atoms with Gasteiger partial charge in [-0.1, -0.05) is 71.2 Å². The van der Waals surface area contributed by atoms with Crippen LogP contribution in [0.4, 0.5) is 0 Å². The number of aryl methyl sites for hydroxylation is 2. The highest BCUT2D eigenvalue weighted by atomic mass is 35.5. The van der Waals surface area contributed by atoms with Crippen LogP contribution in [0.3, 0.4) is 0 Å². The van der Waals surface area contributed by atoms with E-state index in [9.17, 15) is 9.59 Å². The summed E-state index contributed by atoms with van der Waals surface area (Å²) < 4.78 is 10.8. The van der Waals surface area contributed by atoms with Crippen LogP contribution in [-0.4, -0.2) is 81.5 Å². The molecule has 2 atom stereocenters. The summed E-state index contributed by atoms with van der Waals surface area (Å²) in [5.41, 5.74) is 3.30. The van der Waals surface area contributed by atoms with Crippen molar-refractivity contribution in [3.05, 3.63) is 69.7 Å². The summed E-state index contributed by atoms with van der Waals surface area (Å²) >= 11 is 17.2. The van der Waals surface area contributed by atoms with Gasteiger partial charge in [-0.15, -0.1) is 55.2 Å². The third-order valence-corrected chi connectivity index (χ3v) is 7.45. The van der Waals surface area contributed by atoms with Gasteiger partial charge in [0.2, 0.25) is 0 Å². The van der Waals surface area contributed by atoms with Gasteiger partial charge >= 0.3 is 5.97 Å². The number of hydroxylamine groups is 2. The number of carbonyl (C=O) groups excluding carboxylic acids is 1. The lowest BCUT2D eigenvalue weighted by Crippen LogP contribution is -2.32. The molecule has 1 N–H and O–H groups in total. The number of halogens is 3. The van der Waals surface area contributed by atoms with E-state index in [-0.39, 0.29) is 11.2 Å². The van der Waals surface area contributed by atoms with Gasteiger partial charge in [-0.05, 0) is 38.8 Å². The zero-order valence-electron chi connectivity index (χ0n) is 26.6. The standard InChI is InChI=1S/C15H19N3O3S.C13H14N2O3S.CH2Cl2.CH3Cl/c1-5-21-13(15(19)18(3)20-4)11-6-8-12(9-7-11)14-17-16-10(2)22-14;1-3-18-11(13(16)17)9-4-6-10(7-5-9)12-15-14-8(2)19-12;2-1-3;1-2/h6-9,13H,5H2,1-4H3;4-7,11H,3H2,1-2H3,(H,16,17);1H2;1H3. The van der Waals surface area contributed by atoms with Crippen molar-refractivity contribution < 1.29 is 29.0 Å². The van der Waals surface area contributed by atoms with Gasteiger partial charge in [0.1, 0.15) is 20.0 Å². The van der Waals surface area contributed by atoms with E-state index in [2.05, 4.69) is 32.0 Å². The Morgan fingerprint density at radius 3 is 1.46 bits per heavy atom. The van der Waals surface area contributed by atoms with Crippen LogP contribution < -0.4 is 0 Å². The molecule has 2 aromatic carbocycles. The number of likely N-dealkylation sites (N-methyl/N-ethyl adjacent to an activating group) is 1. The van der Waals surface area contributed by atoms with Crippen LogP contribution in [0.15, 0.2) is 48.5 Å². The molecule has 0 aliphatic carbocycles. The number of benzene rings is 2. The molecular weight excluding hydrogens is 697 g/mol. The SMILES string of the molecule is CCOC(C(=O)N(C)OC)c1ccc(-c2nnc(C)s2)cc1.CCOC(C(=O)O)c1ccc(-c2nnc(C)s2)cc1.CCl.ClCCl. The molecule has 0 spiro atoms. The van der Waals surface area contributed by atoms with Crippen molar-refractivity contribution in [1.29, 1.82) is 0 Å². The summed E-state index contributed by atoms with van der Waals surface area (Å²) in [6.45, 7) is 8.23. The van der Waals surface area contributed by atoms with E-state index in [4.69, 9.17) is 42.6 Å². The maximum absolute atomic E-state index is 12.3. The van der Waals surface area contributed by atoms with Gasteiger partial charge in [0.15, 0.2) is 12.2 Å². The quantitative estimate of drug-likeness (QED) is 0.121. The molecule has 4 aromatic rings. The first kappa shape index (κ1) is 41.3. The number of ether oxygens (including phenoxy) is 2. The Kier molecular flexibility index (Phi) is 20.4. The van der Waals surface area contributed by atoms with Gasteiger partial charge in [0, 0.05) is 37.8 Å². The second kappa shape index (κ2) is 22.7. The van der Waals surface area contributed by atoms with Gasteiger partial charge < -0.3 is 14.6 Å². The van der Waals surface area contributed by atoms with Crippen LogP contribution in [0, 0.1) is 13.8 Å². The maximum atomic E-state index is 12.3. The molecular formula is C30H38Cl3N5O6S2. The van der Waals surface area contributed by atoms with Crippen molar-refractivity contribution in [3.63, 3.8) is 0 Å². The maximum Gasteiger partial charge on any atom is 0.337 e. The van der Waals surface area contributed by atoms with Gasteiger partial charge in [0.25, 0.3) is 5.91 Å². The highest BCUT2D eigenvalue weighted by Gasteiger charge is 2.25. The molecule has 46 heavy (non-hydrogen) atoms. The minimum Gasteiger partial charge on any atom is -0.479 e. The minimum atomic E-state index is -0.985. The lowest BCUT2D eigenvalue weighted by Gasteiger charge is -2.22. The Labute approximate surface area is 292 Å². The fraction of sp³-hybridized carbons (Fsp3) is 0.400. The average Bonchev–Trinajstić information content (AvgIpc) is 3.71. The van der Waals surface area contributed by atoms with Crippen molar-refractivity contribution >= 4 is 69.4 Å². The fourth-order valence-electron chi connectivity index (χ4n) is 3.64. The Balaban J connectivity index is 0.000000407. The summed E-state index contributed by atoms with van der Waals surface area (Å²) in [4.78, 5) is 28.3. The third-order valence-electron chi connectivity index (χ3n) is 5.67. The number of aromatic nitrogens is 4. The number of amides is 1. The molecule has 0 saturated carbocycles. The van der Waals surface area contributed by atoms with E-state index in [1.165, 1.54) is 41.2 Å². The number of aliphatic carboxylic acids is 1. The zero-order chi connectivity index (χ0) is 34.6. The number of carbonyl (C=O) groups is 2. The zero-order valence-corrected chi connectivity index (χ0v) is 30.5. The normalized spacial score (nSPS) is 11.4. The number of nitrogens with zero attached hydrogens (tertiary/aromatic N) is 5. The van der Waals surface area contributed by atoms with Crippen molar-refractivity contribution in [2.75, 3.05) is 39.1 Å². The minimum absolute atomic E-state index is 0.194. The van der Waals surface area contributed by atoms with Gasteiger partial charge in [0.05, 0.1) is 12.4 Å². The smallest absolute Gasteiger partial charge is 0.337 e. The van der Waals surface area contributed by atoms with Gasteiger partial charge in [-0.3, -0.25) is 9.63 Å². The van der Waals surface area contributed by atoms with Crippen LogP contribution in [-0.2, 0) is 23.9 Å². The topological polar surface area (TPSA) is 137 Å². The Bertz CT molecular complexity index is 1440. The molecule has 0 bridgehead atoms. The molecule has 0 fully saturated rings. The van der Waals surface area contributed by atoms with Crippen LogP contribution in [0.1, 0.15) is 47.2 Å². The summed E-state index contributed by atoms with van der Waals surface area (Å²) in [5, 5.41) is 30.1. The van der Waals surface area contributed by atoms with Crippen molar-refractivity contribution in [1.82, 2.24) is 25.5 Å². The van der Waals surface area contributed by atoms with E-state index in [0.29, 0.717) is 18.8 Å². The predicted octanol–water partition coefficient (Wildman–Crippen LogP) is 7.56. The average molecular weight is 735 g/mol. The van der Waals surface area contributed by atoms with E-state index in [1.807, 2.05) is 57.2 Å². The first-order chi connectivity index (χ1) is 22.1. The summed E-state index contributed by atoms with van der Waals surface area (Å²) in [5.74, 6) is -1.23. The Morgan fingerprint density at radius 2 is 1.15 bits per heavy atom. The summed E-state index contributed by atoms with van der Waals surface area (Å²) in [7, 11) is 3.01. The molecule has 2 unspecified atom stereocenters. The lowest BCUT2D eigenvalue weighted by atomic mass is 10.1. The highest BCUT2D eigenvalue weighted by molar-refractivity contribution is 7.14. The van der Waals surface area contributed by atoms with E-state index >= 15 is 0 Å². The molecule has 16 heteroatoms. The van der Waals surface area contributed by atoms with Crippen LogP contribution in [0.2, 0.25) is 0 Å². The van der Waals surface area contributed by atoms with Crippen molar-refractivity contribution in [2.24, 2.45) is 0 Å². The van der Waals surface area contributed by atoms with E-state index < -0.39 is 18.2 Å². The molecule has 0 saturated heterocycles. The van der Waals surface area contributed by atoms with Gasteiger partial charge in [-0.2, -0.15) is 0 Å². The number of hydrogen-bond acceptors (Lipinski definition) is 11. The van der Waals surface area contributed by atoms with Crippen LogP contribution in [0.25, 0.3) is 21.1 Å². The molecule has 0 aliphatic rings. The van der Waals surface area contributed by atoms with E-state index in [1.54, 1.807) is 26.1 Å². The van der Waals surface area contributed by atoms with E-state index in [0.717, 1.165) is 36.7 Å². The van der Waals surface area contributed by atoms with Crippen molar-refractivity contribution in [2.45, 2.75) is 39.9 Å². The number of carboxylic acids is 1.